The highest BCUT2D eigenvalue weighted by Crippen LogP contribution is 2.24. The summed E-state index contributed by atoms with van der Waals surface area (Å²) in [6.07, 6.45) is 1.76. The quantitative estimate of drug-likeness (QED) is 0.339. The van der Waals surface area contributed by atoms with E-state index in [1.54, 1.807) is 6.08 Å². The fourth-order valence-corrected chi connectivity index (χ4v) is 3.35. The molecule has 4 rings (SSSR count). The SMILES string of the molecule is O=C1ON=C(c2cccc(Br)c2)/C1=C/c1ccc(OCc2ccc(Cl)cc2)cc1. The molecule has 3 aromatic rings. The van der Waals surface area contributed by atoms with Gasteiger partial charge in [-0.05, 0) is 53.6 Å². The van der Waals surface area contributed by atoms with E-state index in [0.29, 0.717) is 22.9 Å². The van der Waals surface area contributed by atoms with E-state index in [4.69, 9.17) is 21.2 Å². The lowest BCUT2D eigenvalue weighted by Gasteiger charge is -2.07. The van der Waals surface area contributed by atoms with Crippen molar-refractivity contribution in [1.29, 1.82) is 0 Å². The number of hydrogen-bond acceptors (Lipinski definition) is 4. The smallest absolute Gasteiger partial charge is 0.368 e. The third kappa shape index (κ3) is 4.75. The van der Waals surface area contributed by atoms with Gasteiger partial charge in [0, 0.05) is 15.1 Å². The summed E-state index contributed by atoms with van der Waals surface area (Å²) in [6, 6.07) is 22.6. The Morgan fingerprint density at radius 1 is 1.03 bits per heavy atom. The van der Waals surface area contributed by atoms with Crippen LogP contribution in [0.1, 0.15) is 16.7 Å². The number of carbonyl (C=O) groups is 1. The van der Waals surface area contributed by atoms with Crippen molar-refractivity contribution in [2.75, 3.05) is 0 Å². The summed E-state index contributed by atoms with van der Waals surface area (Å²) in [5, 5.41) is 4.63. The molecule has 3 aromatic carbocycles. The fourth-order valence-electron chi connectivity index (χ4n) is 2.83. The average Bonchev–Trinajstić information content (AvgIpc) is 3.09. The van der Waals surface area contributed by atoms with Crippen LogP contribution in [0, 0.1) is 0 Å². The van der Waals surface area contributed by atoms with E-state index in [2.05, 4.69) is 21.1 Å². The second-order valence-electron chi connectivity index (χ2n) is 6.37. The number of ether oxygens (including phenoxy) is 1. The molecule has 0 fully saturated rings. The largest absolute Gasteiger partial charge is 0.489 e. The lowest BCUT2D eigenvalue weighted by molar-refractivity contribution is -0.136. The van der Waals surface area contributed by atoms with Crippen molar-refractivity contribution in [3.8, 4) is 5.75 Å². The van der Waals surface area contributed by atoms with Crippen LogP contribution >= 0.6 is 27.5 Å². The monoisotopic (exact) mass is 467 g/mol. The van der Waals surface area contributed by atoms with Gasteiger partial charge in [-0.2, -0.15) is 0 Å². The molecule has 0 atom stereocenters. The lowest BCUT2D eigenvalue weighted by atomic mass is 10.0. The molecule has 0 spiro atoms. The van der Waals surface area contributed by atoms with Crippen LogP contribution in [0.4, 0.5) is 0 Å². The number of nitrogens with zero attached hydrogens (tertiary/aromatic N) is 1. The Labute approximate surface area is 181 Å². The van der Waals surface area contributed by atoms with Gasteiger partial charge in [-0.1, -0.05) is 69.1 Å². The minimum absolute atomic E-state index is 0.415. The summed E-state index contributed by atoms with van der Waals surface area (Å²) in [7, 11) is 0. The molecule has 0 saturated heterocycles. The molecule has 0 amide bonds. The molecular weight excluding hydrogens is 454 g/mol. The Kier molecular flexibility index (Phi) is 5.79. The van der Waals surface area contributed by atoms with Crippen molar-refractivity contribution in [2.45, 2.75) is 6.61 Å². The summed E-state index contributed by atoms with van der Waals surface area (Å²) < 4.78 is 6.70. The molecule has 0 N–H and O–H groups in total. The molecule has 0 unspecified atom stereocenters. The minimum Gasteiger partial charge on any atom is -0.489 e. The van der Waals surface area contributed by atoms with Crippen molar-refractivity contribution >= 4 is 45.3 Å². The van der Waals surface area contributed by atoms with Gasteiger partial charge < -0.3 is 9.57 Å². The maximum Gasteiger partial charge on any atom is 0.368 e. The first-order valence-corrected chi connectivity index (χ1v) is 10.0. The molecule has 1 aliphatic rings. The van der Waals surface area contributed by atoms with E-state index in [1.165, 1.54) is 0 Å². The van der Waals surface area contributed by atoms with Crippen LogP contribution in [0.15, 0.2) is 88.0 Å². The highest BCUT2D eigenvalue weighted by Gasteiger charge is 2.26. The summed E-state index contributed by atoms with van der Waals surface area (Å²) in [6.45, 7) is 0.448. The number of halogens is 2. The Balaban J connectivity index is 1.49. The van der Waals surface area contributed by atoms with Gasteiger partial charge in [0.1, 0.15) is 18.1 Å². The highest BCUT2D eigenvalue weighted by atomic mass is 79.9. The van der Waals surface area contributed by atoms with E-state index >= 15 is 0 Å². The van der Waals surface area contributed by atoms with Gasteiger partial charge in [0.05, 0.1) is 5.57 Å². The zero-order chi connectivity index (χ0) is 20.2. The maximum atomic E-state index is 12.1. The Morgan fingerprint density at radius 3 is 2.52 bits per heavy atom. The topological polar surface area (TPSA) is 47.9 Å². The van der Waals surface area contributed by atoms with Crippen LogP contribution in [0.2, 0.25) is 5.02 Å². The van der Waals surface area contributed by atoms with Gasteiger partial charge in [0.15, 0.2) is 0 Å². The summed E-state index contributed by atoms with van der Waals surface area (Å²) in [5.74, 6) is 0.264. The molecular formula is C23H15BrClNO3. The number of oxime groups is 1. The number of carbonyl (C=O) groups excluding carboxylic acids is 1. The minimum atomic E-state index is -0.469. The maximum absolute atomic E-state index is 12.1. The average molecular weight is 469 g/mol. The van der Waals surface area contributed by atoms with Crippen LogP contribution in [0.3, 0.4) is 0 Å². The Bertz CT molecular complexity index is 1110. The predicted molar refractivity (Wildman–Crippen MR) is 117 cm³/mol. The second kappa shape index (κ2) is 8.64. The van der Waals surface area contributed by atoms with Crippen LogP contribution < -0.4 is 4.74 Å². The molecule has 4 nitrogen and oxygen atoms in total. The van der Waals surface area contributed by atoms with Crippen LogP contribution in [-0.2, 0) is 16.2 Å². The third-order valence-electron chi connectivity index (χ3n) is 4.30. The molecule has 6 heteroatoms. The van der Waals surface area contributed by atoms with Crippen LogP contribution in [0.5, 0.6) is 5.75 Å². The van der Waals surface area contributed by atoms with Crippen LogP contribution in [0.25, 0.3) is 6.08 Å². The van der Waals surface area contributed by atoms with Gasteiger partial charge in [-0.3, -0.25) is 0 Å². The number of rotatable bonds is 5. The molecule has 29 heavy (non-hydrogen) atoms. The van der Waals surface area contributed by atoms with Crippen molar-refractivity contribution < 1.29 is 14.4 Å². The number of benzene rings is 3. The van der Waals surface area contributed by atoms with Gasteiger partial charge in [-0.25, -0.2) is 4.79 Å². The second-order valence-corrected chi connectivity index (χ2v) is 7.72. The summed E-state index contributed by atoms with van der Waals surface area (Å²) >= 11 is 9.33. The molecule has 0 aromatic heterocycles. The van der Waals surface area contributed by atoms with E-state index < -0.39 is 5.97 Å². The summed E-state index contributed by atoms with van der Waals surface area (Å²) in [4.78, 5) is 17.0. The van der Waals surface area contributed by atoms with E-state index in [-0.39, 0.29) is 0 Å². The predicted octanol–water partition coefficient (Wildman–Crippen LogP) is 6.03. The van der Waals surface area contributed by atoms with Crippen molar-refractivity contribution in [3.05, 3.63) is 105 Å². The zero-order valence-corrected chi connectivity index (χ0v) is 17.5. The molecule has 0 saturated carbocycles. The van der Waals surface area contributed by atoms with E-state index in [0.717, 1.165) is 26.9 Å². The third-order valence-corrected chi connectivity index (χ3v) is 5.05. The van der Waals surface area contributed by atoms with Crippen molar-refractivity contribution in [2.24, 2.45) is 5.16 Å². The van der Waals surface area contributed by atoms with E-state index in [1.807, 2.05) is 72.8 Å². The fraction of sp³-hybridized carbons (Fsp3) is 0.0435. The van der Waals surface area contributed by atoms with Crippen molar-refractivity contribution in [3.63, 3.8) is 0 Å². The zero-order valence-electron chi connectivity index (χ0n) is 15.1. The number of hydrogen-bond donors (Lipinski definition) is 0. The lowest BCUT2D eigenvalue weighted by Crippen LogP contribution is -2.06. The Morgan fingerprint density at radius 2 is 1.79 bits per heavy atom. The molecule has 1 heterocycles. The first-order chi connectivity index (χ1) is 14.1. The highest BCUT2D eigenvalue weighted by molar-refractivity contribution is 9.10. The summed E-state index contributed by atoms with van der Waals surface area (Å²) in [5.41, 5.74) is 3.61. The van der Waals surface area contributed by atoms with Gasteiger partial charge in [0.2, 0.25) is 0 Å². The molecule has 0 bridgehead atoms. The molecule has 0 aliphatic carbocycles. The molecule has 0 radical (unpaired) electrons. The van der Waals surface area contributed by atoms with Crippen molar-refractivity contribution in [1.82, 2.24) is 0 Å². The Hall–Kier alpha value is -2.89. The van der Waals surface area contributed by atoms with E-state index in [9.17, 15) is 4.79 Å². The standard InChI is InChI=1S/C23H15BrClNO3/c24-18-3-1-2-17(13-18)22-21(23(27)29-26-22)12-15-6-10-20(11-7-15)28-14-16-4-8-19(25)9-5-16/h1-13H,14H2/b21-12-. The van der Waals surface area contributed by atoms with Crippen LogP contribution in [-0.4, -0.2) is 11.7 Å². The first-order valence-electron chi connectivity index (χ1n) is 8.83. The molecule has 144 valence electrons. The van der Waals surface area contributed by atoms with Gasteiger partial charge in [0.25, 0.3) is 0 Å². The first kappa shape index (κ1) is 19.4. The van der Waals surface area contributed by atoms with Gasteiger partial charge in [-0.15, -0.1) is 0 Å². The molecule has 1 aliphatic heterocycles. The van der Waals surface area contributed by atoms with Gasteiger partial charge >= 0.3 is 5.97 Å². The normalized spacial score (nSPS) is 14.6.